The molecule has 0 unspecified atom stereocenters. The summed E-state index contributed by atoms with van der Waals surface area (Å²) in [4.78, 5) is 54.0. The molecule has 3 aliphatic carbocycles. The lowest BCUT2D eigenvalue weighted by Crippen LogP contribution is -2.65. The van der Waals surface area contributed by atoms with Crippen molar-refractivity contribution in [1.29, 1.82) is 0 Å². The van der Waals surface area contributed by atoms with Crippen molar-refractivity contribution in [2.75, 3.05) is 13.1 Å². The van der Waals surface area contributed by atoms with Gasteiger partial charge < -0.3 is 38.5 Å². The van der Waals surface area contributed by atoms with Crippen molar-refractivity contribution in [2.24, 2.45) is 17.3 Å². The molecule has 2 amide bonds. The Morgan fingerprint density at radius 1 is 0.926 bits per heavy atom. The quantitative estimate of drug-likeness (QED) is 0.158. The van der Waals surface area contributed by atoms with Gasteiger partial charge in [-0.05, 0) is 136 Å². The van der Waals surface area contributed by atoms with Crippen LogP contribution in [0.3, 0.4) is 0 Å². The number of aryl methyl sites for hydroxylation is 1. The molecule has 12 nitrogen and oxygen atoms in total. The summed E-state index contributed by atoms with van der Waals surface area (Å²) in [6, 6.07) is 2.52. The van der Waals surface area contributed by atoms with Gasteiger partial charge in [-0.1, -0.05) is 19.9 Å². The monoisotopic (exact) mass is 774 g/mol. The number of amides is 2. The maximum atomic E-state index is 13.6. The van der Waals surface area contributed by atoms with Gasteiger partial charge in [0.1, 0.15) is 40.3 Å². The maximum Gasteiger partial charge on any atom is 0.457 e. The lowest BCUT2D eigenvalue weighted by Gasteiger charge is -2.64. The van der Waals surface area contributed by atoms with Crippen LogP contribution in [0.5, 0.6) is 5.75 Å². The van der Waals surface area contributed by atoms with E-state index in [2.05, 4.69) is 26.1 Å². The average Bonchev–Trinajstić information content (AvgIpc) is 3.31. The minimum Gasteiger partial charge on any atom is -0.486 e. The molecule has 1 N–H and O–H groups in total. The van der Waals surface area contributed by atoms with Crippen LogP contribution in [-0.4, -0.2) is 89.7 Å². The fourth-order valence-electron chi connectivity index (χ4n) is 8.25. The average molecular weight is 775 g/mol. The Balaban J connectivity index is 0.00000650. The third-order valence-corrected chi connectivity index (χ3v) is 11.0. The number of carbonyl (C=O) groups excluding carboxylic acids is 4. The lowest BCUT2D eigenvalue weighted by atomic mass is 9.43. The fraction of sp³-hybridized carbons (Fsp3) is 0.750. The highest BCUT2D eigenvalue weighted by Crippen LogP contribution is 2.65. The SMILES string of the molecule is Cc1c(CCB2O[C@@H]3C[C@@H]4C[C@@H](C4(C)C)[C@]3(C)O2)ccc(OC2CN(C(=O)C[C@H](NC(=O)OC(C)(C)C)C(=O)OC(C)(C)C)C2)c1C(=O)OC(C)(C)C.S. The smallest absolute Gasteiger partial charge is 0.457 e. The summed E-state index contributed by atoms with van der Waals surface area (Å²) in [6.07, 6.45) is 2.10. The Hall–Kier alpha value is -2.97. The molecule has 0 spiro atoms. The van der Waals surface area contributed by atoms with Crippen LogP contribution in [0, 0.1) is 24.2 Å². The first-order valence-electron chi connectivity index (χ1n) is 19.1. The second-order valence-corrected chi connectivity index (χ2v) is 19.1. The first kappa shape index (κ1) is 43.8. The number of benzene rings is 1. The van der Waals surface area contributed by atoms with Crippen LogP contribution in [-0.2, 0) is 39.5 Å². The third kappa shape index (κ3) is 9.88. The summed E-state index contributed by atoms with van der Waals surface area (Å²) in [5.74, 6) is -0.0386. The molecule has 54 heavy (non-hydrogen) atoms. The molecular formula is C40H63BN2O10S. The van der Waals surface area contributed by atoms with Crippen molar-refractivity contribution in [3.63, 3.8) is 0 Å². The number of nitrogens with one attached hydrogen (secondary N) is 1. The van der Waals surface area contributed by atoms with Gasteiger partial charge >= 0.3 is 25.2 Å². The van der Waals surface area contributed by atoms with Crippen molar-refractivity contribution in [1.82, 2.24) is 10.2 Å². The molecule has 302 valence electrons. The zero-order valence-electron chi connectivity index (χ0n) is 34.6. The number of alkyl carbamates (subject to hydrolysis) is 1. The lowest BCUT2D eigenvalue weighted by molar-refractivity contribution is -0.199. The molecule has 0 radical (unpaired) electrons. The van der Waals surface area contributed by atoms with E-state index >= 15 is 0 Å². The first-order chi connectivity index (χ1) is 24.3. The molecule has 5 aliphatic rings. The summed E-state index contributed by atoms with van der Waals surface area (Å²) >= 11 is 0. The number of likely N-dealkylation sites (tertiary alicyclic amines) is 1. The molecular weight excluding hydrogens is 711 g/mol. The number of hydrogen-bond donors (Lipinski definition) is 1. The molecule has 2 heterocycles. The second kappa shape index (κ2) is 15.5. The van der Waals surface area contributed by atoms with E-state index in [1.165, 1.54) is 11.3 Å². The number of ether oxygens (including phenoxy) is 4. The van der Waals surface area contributed by atoms with Crippen LogP contribution >= 0.6 is 13.5 Å². The van der Waals surface area contributed by atoms with Crippen molar-refractivity contribution in [3.05, 3.63) is 28.8 Å². The number of carbonyl (C=O) groups is 4. The molecule has 3 saturated carbocycles. The van der Waals surface area contributed by atoms with Gasteiger partial charge in [0.2, 0.25) is 5.91 Å². The summed E-state index contributed by atoms with van der Waals surface area (Å²) in [5.41, 5.74) is -0.253. The van der Waals surface area contributed by atoms with Crippen LogP contribution in [0.2, 0.25) is 6.32 Å². The molecule has 2 saturated heterocycles. The Labute approximate surface area is 329 Å². The number of hydrogen-bond acceptors (Lipinski definition) is 10. The van der Waals surface area contributed by atoms with E-state index in [9.17, 15) is 19.2 Å². The van der Waals surface area contributed by atoms with Crippen molar-refractivity contribution in [3.8, 4) is 5.75 Å². The molecule has 2 aliphatic heterocycles. The summed E-state index contributed by atoms with van der Waals surface area (Å²) < 4.78 is 36.1. The minimum atomic E-state index is -1.24. The molecule has 2 bridgehead atoms. The number of nitrogens with zero attached hydrogens (tertiary/aromatic N) is 1. The Morgan fingerprint density at radius 2 is 1.54 bits per heavy atom. The highest BCUT2D eigenvalue weighted by atomic mass is 32.1. The Morgan fingerprint density at radius 3 is 2.11 bits per heavy atom. The predicted molar refractivity (Wildman–Crippen MR) is 210 cm³/mol. The van der Waals surface area contributed by atoms with Crippen molar-refractivity contribution < 1.29 is 47.4 Å². The number of rotatable bonds is 10. The number of esters is 2. The summed E-state index contributed by atoms with van der Waals surface area (Å²) in [7, 11) is -0.312. The van der Waals surface area contributed by atoms with Gasteiger partial charge in [-0.15, -0.1) is 0 Å². The second-order valence-electron chi connectivity index (χ2n) is 19.1. The fourth-order valence-corrected chi connectivity index (χ4v) is 8.25. The highest BCUT2D eigenvalue weighted by molar-refractivity contribution is 7.59. The van der Waals surface area contributed by atoms with E-state index in [0.29, 0.717) is 35.9 Å². The van der Waals surface area contributed by atoms with Crippen LogP contribution in [0.25, 0.3) is 0 Å². The van der Waals surface area contributed by atoms with Crippen LogP contribution in [0.1, 0.15) is 124 Å². The molecule has 5 fully saturated rings. The van der Waals surface area contributed by atoms with Gasteiger partial charge in [0, 0.05) is 0 Å². The first-order valence-corrected chi connectivity index (χ1v) is 19.1. The molecule has 6 rings (SSSR count). The van der Waals surface area contributed by atoms with E-state index in [0.717, 1.165) is 17.5 Å². The molecule has 0 aromatic heterocycles. The van der Waals surface area contributed by atoms with Gasteiger partial charge in [-0.2, -0.15) is 13.5 Å². The van der Waals surface area contributed by atoms with Crippen LogP contribution in [0.4, 0.5) is 4.79 Å². The highest BCUT2D eigenvalue weighted by Gasteiger charge is 2.67. The van der Waals surface area contributed by atoms with E-state index in [1.54, 1.807) is 47.6 Å². The normalized spacial score (nSPS) is 25.2. The van der Waals surface area contributed by atoms with E-state index in [-0.39, 0.29) is 63.2 Å². The summed E-state index contributed by atoms with van der Waals surface area (Å²) in [6.45, 7) is 25.0. The molecule has 1 aromatic carbocycles. The summed E-state index contributed by atoms with van der Waals surface area (Å²) in [5, 5.41) is 2.50. The van der Waals surface area contributed by atoms with Crippen molar-refractivity contribution in [2.45, 2.75) is 163 Å². The van der Waals surface area contributed by atoms with E-state index in [4.69, 9.17) is 28.3 Å². The standard InChI is InChI=1S/C40H61BN2O10.H2S/c1-23-24(16-17-41-52-30-19-25-18-29(39(25,11)12)40(30,13)53-41)14-15-28(32(23)34(46)50-37(5,6)7)48-26-21-43(22-26)31(44)20-27(33(45)49-36(2,3)4)42-35(47)51-38(8,9)10;/h14-15,25-27,29-30H,16-22H2,1-13H3,(H,42,47);1H2/t25-,27-,29-,30+,40-;/m0./s1. The molecule has 14 heteroatoms. The molecule has 1 aromatic rings. The minimum absolute atomic E-state index is 0. The van der Waals surface area contributed by atoms with Crippen LogP contribution < -0.4 is 10.1 Å². The van der Waals surface area contributed by atoms with Gasteiger partial charge in [-0.3, -0.25) is 4.79 Å². The third-order valence-electron chi connectivity index (χ3n) is 11.0. The van der Waals surface area contributed by atoms with Gasteiger partial charge in [0.25, 0.3) is 0 Å². The largest absolute Gasteiger partial charge is 0.486 e. The van der Waals surface area contributed by atoms with E-state index < -0.39 is 47.0 Å². The Kier molecular flexibility index (Phi) is 12.6. The van der Waals surface area contributed by atoms with Crippen LogP contribution in [0.15, 0.2) is 12.1 Å². The van der Waals surface area contributed by atoms with Gasteiger partial charge in [0.15, 0.2) is 0 Å². The van der Waals surface area contributed by atoms with Gasteiger partial charge in [0.05, 0.1) is 31.2 Å². The topological polar surface area (TPSA) is 139 Å². The molecule has 5 atom stereocenters. The van der Waals surface area contributed by atoms with Gasteiger partial charge in [-0.25, -0.2) is 14.4 Å². The zero-order valence-corrected chi connectivity index (χ0v) is 35.6. The predicted octanol–water partition coefficient (Wildman–Crippen LogP) is 6.55. The van der Waals surface area contributed by atoms with Crippen molar-refractivity contribution >= 4 is 44.6 Å². The zero-order chi connectivity index (χ0) is 39.5. The van der Waals surface area contributed by atoms with E-state index in [1.807, 2.05) is 33.8 Å². The Bertz CT molecular complexity index is 1590. The maximum absolute atomic E-state index is 13.6.